The SMILES string of the molecule is COC(=O)C1C(C)=NC(C)=C(C(=O)OCCNCC2COc3ccccc3O2)C1c1cccc([N+](=O)[O-])c1. The number of aliphatic imine (C=N–C) groups is 1. The molecule has 0 saturated carbocycles. The molecule has 0 spiro atoms. The van der Waals surface area contributed by atoms with Crippen LogP contribution in [-0.2, 0) is 19.1 Å². The third-order valence-corrected chi connectivity index (χ3v) is 6.39. The maximum Gasteiger partial charge on any atom is 0.336 e. The van der Waals surface area contributed by atoms with Crippen LogP contribution in [0.25, 0.3) is 0 Å². The zero-order chi connectivity index (χ0) is 27.2. The summed E-state index contributed by atoms with van der Waals surface area (Å²) >= 11 is 0. The van der Waals surface area contributed by atoms with Gasteiger partial charge in [-0.05, 0) is 31.5 Å². The zero-order valence-corrected chi connectivity index (χ0v) is 21.3. The summed E-state index contributed by atoms with van der Waals surface area (Å²) in [5.41, 5.74) is 1.25. The van der Waals surface area contributed by atoms with Gasteiger partial charge in [0.15, 0.2) is 11.5 Å². The van der Waals surface area contributed by atoms with Crippen LogP contribution in [0.2, 0.25) is 0 Å². The molecule has 3 unspecified atom stereocenters. The average molecular weight is 524 g/mol. The summed E-state index contributed by atoms with van der Waals surface area (Å²) in [7, 11) is 1.24. The number of nitro benzene ring substituents is 1. The lowest BCUT2D eigenvalue weighted by molar-refractivity contribution is -0.384. The van der Waals surface area contributed by atoms with E-state index >= 15 is 0 Å². The van der Waals surface area contributed by atoms with E-state index in [4.69, 9.17) is 18.9 Å². The second kappa shape index (κ2) is 11.9. The maximum atomic E-state index is 13.3. The molecule has 11 heteroatoms. The minimum Gasteiger partial charge on any atom is -0.486 e. The number of nitrogens with one attached hydrogen (secondary N) is 1. The van der Waals surface area contributed by atoms with Gasteiger partial charge in [-0.2, -0.15) is 0 Å². The number of allylic oxidation sites excluding steroid dienone is 1. The standard InChI is InChI=1S/C27H29N3O8/c1-16-23(26(31)35-3)25(18-7-6-8-19(13-18)30(33)34)24(17(2)29-16)27(32)36-12-11-28-14-20-15-37-21-9-4-5-10-22(21)38-20/h4-10,13,20,23,25,28H,11-12,14-15H2,1-3H3. The molecule has 0 amide bonds. The van der Waals surface area contributed by atoms with Gasteiger partial charge in [0.2, 0.25) is 0 Å². The Morgan fingerprint density at radius 2 is 1.92 bits per heavy atom. The third-order valence-electron chi connectivity index (χ3n) is 6.39. The van der Waals surface area contributed by atoms with Crippen LogP contribution in [0.5, 0.6) is 11.5 Å². The highest BCUT2D eigenvalue weighted by Crippen LogP contribution is 2.41. The van der Waals surface area contributed by atoms with Crippen molar-refractivity contribution in [2.75, 3.05) is 33.4 Å². The van der Waals surface area contributed by atoms with E-state index in [-0.39, 0.29) is 24.0 Å². The van der Waals surface area contributed by atoms with Crippen molar-refractivity contribution in [2.45, 2.75) is 25.9 Å². The zero-order valence-electron chi connectivity index (χ0n) is 21.3. The Morgan fingerprint density at radius 1 is 1.16 bits per heavy atom. The molecule has 2 aliphatic heterocycles. The molecule has 4 rings (SSSR count). The molecule has 1 N–H and O–H groups in total. The van der Waals surface area contributed by atoms with E-state index in [1.807, 2.05) is 24.3 Å². The number of hydrogen-bond acceptors (Lipinski definition) is 10. The van der Waals surface area contributed by atoms with Crippen LogP contribution >= 0.6 is 0 Å². The van der Waals surface area contributed by atoms with Crippen molar-refractivity contribution in [1.82, 2.24) is 5.32 Å². The Labute approximate surface area is 219 Å². The maximum absolute atomic E-state index is 13.3. The molecule has 0 aromatic heterocycles. The van der Waals surface area contributed by atoms with Crippen LogP contribution in [0.3, 0.4) is 0 Å². The molecule has 2 heterocycles. The summed E-state index contributed by atoms with van der Waals surface area (Å²) in [5.74, 6) is -1.66. The summed E-state index contributed by atoms with van der Waals surface area (Å²) < 4.78 is 22.1. The molecule has 0 radical (unpaired) electrons. The van der Waals surface area contributed by atoms with Crippen LogP contribution in [-0.4, -0.2) is 62.1 Å². The first-order chi connectivity index (χ1) is 18.3. The van der Waals surface area contributed by atoms with E-state index in [0.717, 1.165) is 0 Å². The smallest absolute Gasteiger partial charge is 0.336 e. The van der Waals surface area contributed by atoms with Crippen molar-refractivity contribution in [2.24, 2.45) is 10.9 Å². The summed E-state index contributed by atoms with van der Waals surface area (Å²) in [6.45, 7) is 4.59. The van der Waals surface area contributed by atoms with Crippen LogP contribution in [0.1, 0.15) is 25.3 Å². The van der Waals surface area contributed by atoms with Gasteiger partial charge >= 0.3 is 11.9 Å². The summed E-state index contributed by atoms with van der Waals surface area (Å²) in [6, 6.07) is 13.3. The van der Waals surface area contributed by atoms with E-state index in [2.05, 4.69) is 10.3 Å². The van der Waals surface area contributed by atoms with Crippen LogP contribution in [0.4, 0.5) is 5.69 Å². The second-order valence-corrected chi connectivity index (χ2v) is 8.92. The number of esters is 2. The van der Waals surface area contributed by atoms with Crippen LogP contribution in [0, 0.1) is 16.0 Å². The van der Waals surface area contributed by atoms with Gasteiger partial charge in [0.1, 0.15) is 25.2 Å². The van der Waals surface area contributed by atoms with E-state index in [1.165, 1.54) is 25.3 Å². The predicted octanol–water partition coefficient (Wildman–Crippen LogP) is 3.19. The van der Waals surface area contributed by atoms with Gasteiger partial charge in [-0.1, -0.05) is 24.3 Å². The van der Waals surface area contributed by atoms with Crippen molar-refractivity contribution < 1.29 is 33.5 Å². The molecule has 0 fully saturated rings. The number of hydrogen-bond donors (Lipinski definition) is 1. The van der Waals surface area contributed by atoms with E-state index in [9.17, 15) is 19.7 Å². The molecule has 0 saturated heterocycles. The fourth-order valence-corrected chi connectivity index (χ4v) is 4.65. The fourth-order valence-electron chi connectivity index (χ4n) is 4.65. The number of fused-ring (bicyclic) bond motifs is 1. The van der Waals surface area contributed by atoms with Crippen molar-refractivity contribution in [3.63, 3.8) is 0 Å². The van der Waals surface area contributed by atoms with Crippen molar-refractivity contribution in [3.8, 4) is 11.5 Å². The quantitative estimate of drug-likeness (QED) is 0.227. The molecule has 0 aliphatic carbocycles. The minimum atomic E-state index is -0.933. The van der Waals surface area contributed by atoms with E-state index in [1.54, 1.807) is 19.9 Å². The monoisotopic (exact) mass is 523 g/mol. The summed E-state index contributed by atoms with van der Waals surface area (Å²) in [4.78, 5) is 41.3. The highest BCUT2D eigenvalue weighted by Gasteiger charge is 2.42. The summed E-state index contributed by atoms with van der Waals surface area (Å²) in [6.07, 6.45) is -0.194. The molecule has 2 aromatic carbocycles. The molecule has 200 valence electrons. The molecule has 2 aromatic rings. The lowest BCUT2D eigenvalue weighted by Crippen LogP contribution is -2.40. The van der Waals surface area contributed by atoms with Gasteiger partial charge in [0.25, 0.3) is 5.69 Å². The number of rotatable bonds is 9. The number of nitrogens with zero attached hydrogens (tertiary/aromatic N) is 2. The molecule has 11 nitrogen and oxygen atoms in total. The van der Waals surface area contributed by atoms with Gasteiger partial charge in [-0.15, -0.1) is 0 Å². The summed E-state index contributed by atoms with van der Waals surface area (Å²) in [5, 5.41) is 14.6. The molecular weight excluding hydrogens is 494 g/mol. The lowest BCUT2D eigenvalue weighted by atomic mass is 9.75. The number of ether oxygens (including phenoxy) is 4. The van der Waals surface area contributed by atoms with Crippen molar-refractivity contribution in [1.29, 1.82) is 0 Å². The Balaban J connectivity index is 1.43. The van der Waals surface area contributed by atoms with Gasteiger partial charge in [-0.25, -0.2) is 4.79 Å². The number of benzene rings is 2. The average Bonchev–Trinajstić information content (AvgIpc) is 2.91. The van der Waals surface area contributed by atoms with Crippen molar-refractivity contribution >= 4 is 23.3 Å². The van der Waals surface area contributed by atoms with Gasteiger partial charge in [-0.3, -0.25) is 19.9 Å². The van der Waals surface area contributed by atoms with Crippen LogP contribution < -0.4 is 14.8 Å². The van der Waals surface area contributed by atoms with E-state index in [0.29, 0.717) is 48.2 Å². The Bertz CT molecular complexity index is 1290. The van der Waals surface area contributed by atoms with Gasteiger partial charge in [0, 0.05) is 42.5 Å². The number of methoxy groups -OCH3 is 1. The lowest BCUT2D eigenvalue weighted by Gasteiger charge is -2.31. The topological polar surface area (TPSA) is 139 Å². The molecule has 3 atom stereocenters. The largest absolute Gasteiger partial charge is 0.486 e. The minimum absolute atomic E-state index is 0.0486. The van der Waals surface area contributed by atoms with Gasteiger partial charge < -0.3 is 24.3 Å². The number of nitro groups is 1. The molecular formula is C27H29N3O8. The number of para-hydroxylation sites is 2. The highest BCUT2D eigenvalue weighted by atomic mass is 16.6. The molecule has 0 bridgehead atoms. The second-order valence-electron chi connectivity index (χ2n) is 8.92. The molecule has 2 aliphatic rings. The number of carbonyl (C=O) groups excluding carboxylic acids is 2. The Hall–Kier alpha value is -4.25. The normalized spacial score (nSPS) is 20.4. The predicted molar refractivity (Wildman–Crippen MR) is 137 cm³/mol. The number of non-ortho nitro benzene ring substituents is 1. The fraction of sp³-hybridized carbons (Fsp3) is 0.370. The van der Waals surface area contributed by atoms with Crippen molar-refractivity contribution in [3.05, 3.63) is 75.5 Å². The first-order valence-electron chi connectivity index (χ1n) is 12.1. The Kier molecular flexibility index (Phi) is 8.37. The molecule has 38 heavy (non-hydrogen) atoms. The number of carbonyl (C=O) groups is 2. The van der Waals surface area contributed by atoms with E-state index < -0.39 is 28.7 Å². The van der Waals surface area contributed by atoms with Crippen LogP contribution in [0.15, 0.2) is 64.8 Å². The highest BCUT2D eigenvalue weighted by molar-refractivity contribution is 6.07. The van der Waals surface area contributed by atoms with Gasteiger partial charge in [0.05, 0.1) is 17.6 Å². The third kappa shape index (κ3) is 5.83. The first-order valence-corrected chi connectivity index (χ1v) is 12.1. The first kappa shape index (κ1) is 26.8. The Morgan fingerprint density at radius 3 is 2.66 bits per heavy atom.